The summed E-state index contributed by atoms with van der Waals surface area (Å²) in [5.74, 6) is -3.20. The van der Waals surface area contributed by atoms with Crippen LogP contribution in [0.3, 0.4) is 0 Å². The molecule has 0 unspecified atom stereocenters. The highest BCUT2D eigenvalue weighted by Crippen LogP contribution is 2.26. The van der Waals surface area contributed by atoms with Gasteiger partial charge in [-0.1, -0.05) is 22.6 Å². The van der Waals surface area contributed by atoms with Gasteiger partial charge >= 0.3 is 0 Å². The Kier molecular flexibility index (Phi) is 9.98. The Morgan fingerprint density at radius 3 is 2.10 bits per heavy atom. The van der Waals surface area contributed by atoms with Crippen LogP contribution < -0.4 is 16.8 Å². The van der Waals surface area contributed by atoms with Crippen molar-refractivity contribution in [3.63, 3.8) is 0 Å². The Bertz CT molecular complexity index is 824. The van der Waals surface area contributed by atoms with Crippen molar-refractivity contribution in [2.45, 2.75) is 19.3 Å². The molecule has 4 rings (SSSR count). The molecule has 5 N–H and O–H groups in total. The molecule has 0 atom stereocenters. The number of alkyl halides is 1. The van der Waals surface area contributed by atoms with Crippen LogP contribution in [-0.2, 0) is 16.0 Å². The fourth-order valence-corrected chi connectivity index (χ4v) is 2.38. The Labute approximate surface area is 181 Å². The molecule has 0 saturated carbocycles. The van der Waals surface area contributed by atoms with Gasteiger partial charge in [-0.05, 0) is 35.4 Å². The number of fused-ring (bicyclic) bond motifs is 1. The maximum Gasteiger partial charge on any atom is 0.228 e. The number of hydrogen-bond donors (Lipinski definition) is 3. The van der Waals surface area contributed by atoms with E-state index in [1.807, 2.05) is 22.6 Å². The van der Waals surface area contributed by atoms with E-state index >= 15 is 0 Å². The lowest BCUT2D eigenvalue weighted by Gasteiger charge is -1.99. The molecule has 1 amide bonds. The largest absolute Gasteiger partial charge is 0.397 e. The SMILES string of the molecule is C1CCOC1.Nc1cc(F)cc(F)c1N.O=C1Cc2cc(F)cc(F)c2N1.[2H]CI. The van der Waals surface area contributed by atoms with Gasteiger partial charge in [0.15, 0.2) is 5.82 Å². The maximum absolute atomic E-state index is 12.9. The molecule has 0 aromatic heterocycles. The highest BCUT2D eigenvalue weighted by atomic mass is 127. The van der Waals surface area contributed by atoms with Gasteiger partial charge in [-0.3, -0.25) is 4.79 Å². The molecule has 10 heteroatoms. The van der Waals surface area contributed by atoms with Crippen molar-refractivity contribution in [1.29, 1.82) is 0 Å². The number of nitrogen functional groups attached to an aromatic ring is 2. The second kappa shape index (κ2) is 12.5. The van der Waals surface area contributed by atoms with Gasteiger partial charge in [0.1, 0.15) is 17.5 Å². The average Bonchev–Trinajstić information content (AvgIpc) is 3.33. The summed E-state index contributed by atoms with van der Waals surface area (Å²) in [7, 11) is 0. The lowest BCUT2D eigenvalue weighted by Crippen LogP contribution is -2.04. The summed E-state index contributed by atoms with van der Waals surface area (Å²) < 4.78 is 61.2. The standard InChI is InChI=1S/C8H5F2NO.C6H6F2N2.C4H8O.CH3I/c9-5-1-4-2-7(12)11-8(4)6(10)3-5;7-3-1-4(8)6(10)5(9)2-3;1-2-4-5-3-1;1-2/h1,3H,2H2,(H,11,12);1-2H,9-10H2;1-4H2;1H3/i;;;1D. The van der Waals surface area contributed by atoms with Crippen LogP contribution in [0.25, 0.3) is 0 Å². The van der Waals surface area contributed by atoms with Gasteiger partial charge in [0.05, 0.1) is 23.5 Å². The summed E-state index contributed by atoms with van der Waals surface area (Å²) >= 11 is 1.96. The lowest BCUT2D eigenvalue weighted by molar-refractivity contribution is -0.115. The summed E-state index contributed by atoms with van der Waals surface area (Å²) in [6, 6.07) is 3.57. The number of halogens is 5. The van der Waals surface area contributed by atoms with Gasteiger partial charge < -0.3 is 21.5 Å². The minimum atomic E-state index is -0.822. The van der Waals surface area contributed by atoms with E-state index in [-0.39, 0.29) is 29.4 Å². The summed E-state index contributed by atoms with van der Waals surface area (Å²) in [4.78, 5) is 11.2. The van der Waals surface area contributed by atoms with Crippen LogP contribution in [0.1, 0.15) is 19.8 Å². The molecule has 1 saturated heterocycles. The Morgan fingerprint density at radius 1 is 1.03 bits per heavy atom. The van der Waals surface area contributed by atoms with Gasteiger partial charge in [0.25, 0.3) is 0 Å². The van der Waals surface area contributed by atoms with E-state index in [0.29, 0.717) is 16.5 Å². The molecule has 2 aliphatic heterocycles. The number of carbonyl (C=O) groups is 1. The van der Waals surface area contributed by atoms with Gasteiger partial charge in [0, 0.05) is 26.7 Å². The predicted molar refractivity (Wildman–Crippen MR) is 114 cm³/mol. The van der Waals surface area contributed by atoms with Crippen LogP contribution >= 0.6 is 22.6 Å². The summed E-state index contributed by atoms with van der Waals surface area (Å²) in [5, 5.41) is 2.31. The molecule has 0 radical (unpaired) electrons. The molecular formula is C19H22F4IN3O2. The van der Waals surface area contributed by atoms with Crippen molar-refractivity contribution in [2.24, 2.45) is 0 Å². The summed E-state index contributed by atoms with van der Waals surface area (Å²) in [5.41, 5.74) is 10.4. The van der Waals surface area contributed by atoms with Crippen LogP contribution in [-0.4, -0.2) is 24.0 Å². The number of nitrogens with two attached hydrogens (primary N) is 2. The molecule has 5 nitrogen and oxygen atoms in total. The first-order valence-electron chi connectivity index (χ1n) is 9.11. The van der Waals surface area contributed by atoms with E-state index < -0.39 is 23.3 Å². The number of anilines is 3. The first kappa shape index (κ1) is 23.2. The van der Waals surface area contributed by atoms with Crippen molar-refractivity contribution in [2.75, 3.05) is 34.9 Å². The van der Waals surface area contributed by atoms with E-state index in [1.165, 1.54) is 12.8 Å². The van der Waals surface area contributed by atoms with E-state index in [9.17, 15) is 22.4 Å². The molecule has 0 spiro atoms. The van der Waals surface area contributed by atoms with Crippen LogP contribution in [0.15, 0.2) is 24.3 Å². The minimum absolute atomic E-state index is 0.0595. The molecule has 2 heterocycles. The molecule has 0 bridgehead atoms. The van der Waals surface area contributed by atoms with Crippen molar-refractivity contribution >= 4 is 45.6 Å². The number of ether oxygens (including phenoxy) is 1. The highest BCUT2D eigenvalue weighted by Gasteiger charge is 2.21. The van der Waals surface area contributed by atoms with Gasteiger partial charge in [0.2, 0.25) is 5.91 Å². The zero-order valence-electron chi connectivity index (χ0n) is 16.4. The highest BCUT2D eigenvalue weighted by molar-refractivity contribution is 14.1. The fourth-order valence-electron chi connectivity index (χ4n) is 2.38. The maximum atomic E-state index is 12.9. The fraction of sp³-hybridized carbons (Fsp3) is 0.316. The molecule has 29 heavy (non-hydrogen) atoms. The van der Waals surface area contributed by atoms with Crippen LogP contribution in [0.5, 0.6) is 0 Å². The first-order chi connectivity index (χ1) is 14.2. The normalized spacial score (nSPS) is 14.1. The topological polar surface area (TPSA) is 90.4 Å². The third-order valence-electron chi connectivity index (χ3n) is 3.71. The quantitative estimate of drug-likeness (QED) is 0.204. The van der Waals surface area contributed by atoms with Gasteiger partial charge in [-0.15, -0.1) is 0 Å². The Balaban J connectivity index is 0.000000224. The van der Waals surface area contributed by atoms with E-state index in [1.54, 1.807) is 0 Å². The second-order valence-corrected chi connectivity index (χ2v) is 5.86. The number of carbonyl (C=O) groups excluding carboxylic acids is 1. The molecule has 0 aliphatic carbocycles. The van der Waals surface area contributed by atoms with Gasteiger partial charge in [-0.2, -0.15) is 0 Å². The third-order valence-corrected chi connectivity index (χ3v) is 3.71. The number of nitrogens with one attached hydrogen (secondary N) is 1. The molecule has 1 fully saturated rings. The van der Waals surface area contributed by atoms with Crippen LogP contribution in [0.4, 0.5) is 34.6 Å². The minimum Gasteiger partial charge on any atom is -0.397 e. The average molecular weight is 528 g/mol. The number of rotatable bonds is 0. The lowest BCUT2D eigenvalue weighted by atomic mass is 10.1. The smallest absolute Gasteiger partial charge is 0.228 e. The number of hydrogen-bond acceptors (Lipinski definition) is 4. The molecule has 160 valence electrons. The van der Waals surface area contributed by atoms with Crippen molar-refractivity contribution in [1.82, 2.24) is 0 Å². The van der Waals surface area contributed by atoms with Crippen molar-refractivity contribution < 1.29 is 28.5 Å². The first-order valence-corrected chi connectivity index (χ1v) is 9.92. The number of amides is 1. The molecule has 2 aromatic rings. The third kappa shape index (κ3) is 8.05. The van der Waals surface area contributed by atoms with E-state index in [2.05, 4.69) is 5.32 Å². The van der Waals surface area contributed by atoms with E-state index in [0.717, 1.165) is 31.4 Å². The Morgan fingerprint density at radius 2 is 1.59 bits per heavy atom. The van der Waals surface area contributed by atoms with E-state index in [4.69, 9.17) is 17.6 Å². The predicted octanol–water partition coefficient (Wildman–Crippen LogP) is 4.44. The summed E-state index contributed by atoms with van der Waals surface area (Å²) in [6.07, 6.45) is 2.62. The van der Waals surface area contributed by atoms with Crippen molar-refractivity contribution in [3.05, 3.63) is 53.1 Å². The Hall–Kier alpha value is -2.08. The zero-order valence-corrected chi connectivity index (χ0v) is 17.6. The second-order valence-electron chi connectivity index (χ2n) is 5.86. The number of benzene rings is 2. The molecule has 2 aromatic carbocycles. The summed E-state index contributed by atoms with van der Waals surface area (Å²) in [6.45, 7) is 2.00. The van der Waals surface area contributed by atoms with Gasteiger partial charge in [-0.25, -0.2) is 17.6 Å². The molecule has 2 aliphatic rings. The molecular weight excluding hydrogens is 505 g/mol. The zero-order chi connectivity index (χ0) is 22.7. The monoisotopic (exact) mass is 528 g/mol. The van der Waals surface area contributed by atoms with Crippen LogP contribution in [0, 0.1) is 23.3 Å². The van der Waals surface area contributed by atoms with Crippen LogP contribution in [0.2, 0.25) is 0 Å². The van der Waals surface area contributed by atoms with Crippen molar-refractivity contribution in [3.8, 4) is 0 Å².